The number of benzene rings is 2. The van der Waals surface area contributed by atoms with E-state index in [1.54, 1.807) is 31.1 Å². The van der Waals surface area contributed by atoms with Crippen LogP contribution in [0.15, 0.2) is 42.5 Å². The van der Waals surface area contributed by atoms with Gasteiger partial charge >= 0.3 is 0 Å². The van der Waals surface area contributed by atoms with E-state index in [9.17, 15) is 14.9 Å². The zero-order valence-corrected chi connectivity index (χ0v) is 15.4. The van der Waals surface area contributed by atoms with E-state index in [1.807, 2.05) is 38.1 Å². The van der Waals surface area contributed by atoms with Crippen molar-refractivity contribution in [3.63, 3.8) is 0 Å². The van der Waals surface area contributed by atoms with Crippen LogP contribution in [0.5, 0.6) is 5.75 Å². The van der Waals surface area contributed by atoms with Crippen LogP contribution in [-0.2, 0) is 0 Å². The van der Waals surface area contributed by atoms with Crippen LogP contribution in [0.2, 0.25) is 0 Å². The highest BCUT2D eigenvalue weighted by molar-refractivity contribution is 5.96. The molecule has 1 N–H and O–H groups in total. The summed E-state index contributed by atoms with van der Waals surface area (Å²) in [5.41, 5.74) is 1.52. The van der Waals surface area contributed by atoms with Crippen LogP contribution in [0.4, 0.5) is 11.4 Å². The quantitative estimate of drug-likeness (QED) is 0.605. The predicted molar refractivity (Wildman–Crippen MR) is 101 cm³/mol. The summed E-state index contributed by atoms with van der Waals surface area (Å²) in [5.74, 6) is 0.407. The van der Waals surface area contributed by atoms with E-state index >= 15 is 0 Å². The summed E-state index contributed by atoms with van der Waals surface area (Å²) in [5, 5.41) is 14.1. The van der Waals surface area contributed by atoms with E-state index in [-0.39, 0.29) is 23.2 Å². The maximum Gasteiger partial charge on any atom is 0.293 e. The fourth-order valence-corrected chi connectivity index (χ4v) is 2.57. The molecule has 7 nitrogen and oxygen atoms in total. The molecular weight excluding hydrogens is 334 g/mol. The largest absolute Gasteiger partial charge is 0.494 e. The second kappa shape index (κ2) is 8.33. The van der Waals surface area contributed by atoms with Crippen molar-refractivity contribution in [2.45, 2.75) is 19.9 Å². The van der Waals surface area contributed by atoms with Gasteiger partial charge in [0.05, 0.1) is 17.6 Å². The SMILES string of the molecule is CCOc1ccc(C(C)NC(=O)c2ccc(N(C)C)c([N+](=O)[O-])c2)cc1. The smallest absolute Gasteiger partial charge is 0.293 e. The number of hydrogen-bond acceptors (Lipinski definition) is 5. The first kappa shape index (κ1) is 19.2. The number of nitro groups is 1. The minimum atomic E-state index is -0.484. The number of carbonyl (C=O) groups is 1. The number of carbonyl (C=O) groups excluding carboxylic acids is 1. The van der Waals surface area contributed by atoms with Crippen LogP contribution in [0.3, 0.4) is 0 Å². The highest BCUT2D eigenvalue weighted by atomic mass is 16.6. The summed E-state index contributed by atoms with van der Waals surface area (Å²) in [7, 11) is 3.44. The normalized spacial score (nSPS) is 11.5. The molecule has 1 atom stereocenters. The highest BCUT2D eigenvalue weighted by Crippen LogP contribution is 2.28. The van der Waals surface area contributed by atoms with Gasteiger partial charge in [-0.25, -0.2) is 0 Å². The Balaban J connectivity index is 2.16. The van der Waals surface area contributed by atoms with Gasteiger partial charge in [-0.1, -0.05) is 12.1 Å². The third-order valence-corrected chi connectivity index (χ3v) is 3.95. The Morgan fingerprint density at radius 2 is 1.88 bits per heavy atom. The maximum atomic E-state index is 12.5. The Kier molecular flexibility index (Phi) is 6.16. The average molecular weight is 357 g/mol. The summed E-state index contributed by atoms with van der Waals surface area (Å²) in [6, 6.07) is 11.7. The van der Waals surface area contributed by atoms with Crippen LogP contribution >= 0.6 is 0 Å². The van der Waals surface area contributed by atoms with Gasteiger partial charge in [0.25, 0.3) is 11.6 Å². The number of rotatable bonds is 7. The number of amides is 1. The van der Waals surface area contributed by atoms with E-state index in [1.165, 1.54) is 6.07 Å². The van der Waals surface area contributed by atoms with Crippen molar-refractivity contribution in [1.82, 2.24) is 5.32 Å². The first-order chi connectivity index (χ1) is 12.3. The molecule has 0 aromatic heterocycles. The molecular formula is C19H23N3O4. The third kappa shape index (κ3) is 4.50. The molecule has 1 unspecified atom stereocenters. The number of hydrogen-bond donors (Lipinski definition) is 1. The zero-order chi connectivity index (χ0) is 19.3. The monoisotopic (exact) mass is 357 g/mol. The van der Waals surface area contributed by atoms with Gasteiger partial charge in [0, 0.05) is 25.7 Å². The zero-order valence-electron chi connectivity index (χ0n) is 15.4. The lowest BCUT2D eigenvalue weighted by Crippen LogP contribution is -2.26. The third-order valence-electron chi connectivity index (χ3n) is 3.95. The van der Waals surface area contributed by atoms with E-state index in [0.717, 1.165) is 11.3 Å². The Morgan fingerprint density at radius 1 is 1.23 bits per heavy atom. The van der Waals surface area contributed by atoms with Crippen LogP contribution in [0, 0.1) is 10.1 Å². The summed E-state index contributed by atoms with van der Waals surface area (Å²) in [6.45, 7) is 4.36. The molecule has 7 heteroatoms. The van der Waals surface area contributed by atoms with E-state index in [0.29, 0.717) is 12.3 Å². The molecule has 138 valence electrons. The standard InChI is InChI=1S/C19H23N3O4/c1-5-26-16-9-6-14(7-10-16)13(2)20-19(23)15-8-11-17(21(3)4)18(12-15)22(24)25/h6-13H,5H2,1-4H3,(H,20,23). The number of ether oxygens (including phenoxy) is 1. The lowest BCUT2D eigenvalue weighted by molar-refractivity contribution is -0.384. The molecule has 0 bridgehead atoms. The summed E-state index contributed by atoms with van der Waals surface area (Å²) in [6.07, 6.45) is 0. The average Bonchev–Trinajstić information content (AvgIpc) is 2.61. The summed E-state index contributed by atoms with van der Waals surface area (Å²) < 4.78 is 5.40. The fourth-order valence-electron chi connectivity index (χ4n) is 2.57. The molecule has 0 saturated carbocycles. The first-order valence-corrected chi connectivity index (χ1v) is 8.32. The van der Waals surface area contributed by atoms with Gasteiger partial charge in [0.2, 0.25) is 0 Å². The van der Waals surface area contributed by atoms with Crippen molar-refractivity contribution >= 4 is 17.3 Å². The van der Waals surface area contributed by atoms with Crippen molar-refractivity contribution < 1.29 is 14.5 Å². The van der Waals surface area contributed by atoms with Gasteiger partial charge in [-0.05, 0) is 43.7 Å². The van der Waals surface area contributed by atoms with Crippen molar-refractivity contribution in [2.24, 2.45) is 0 Å². The van der Waals surface area contributed by atoms with E-state index in [4.69, 9.17) is 4.74 Å². The molecule has 1 amide bonds. The Bertz CT molecular complexity index is 788. The molecule has 0 aliphatic carbocycles. The topological polar surface area (TPSA) is 84.7 Å². The van der Waals surface area contributed by atoms with Crippen molar-refractivity contribution in [3.05, 3.63) is 63.7 Å². The lowest BCUT2D eigenvalue weighted by atomic mass is 10.1. The van der Waals surface area contributed by atoms with Crippen LogP contribution in [0.25, 0.3) is 0 Å². The van der Waals surface area contributed by atoms with Crippen molar-refractivity contribution in [2.75, 3.05) is 25.6 Å². The molecule has 26 heavy (non-hydrogen) atoms. The molecule has 0 fully saturated rings. The Labute approximate surface area is 152 Å². The van der Waals surface area contributed by atoms with Crippen LogP contribution in [0.1, 0.15) is 35.8 Å². The predicted octanol–water partition coefficient (Wildman–Crippen LogP) is 3.55. The first-order valence-electron chi connectivity index (χ1n) is 8.32. The van der Waals surface area contributed by atoms with Gasteiger partial charge in [-0.15, -0.1) is 0 Å². The molecule has 2 aromatic rings. The number of nitro benzene ring substituents is 1. The van der Waals surface area contributed by atoms with Crippen LogP contribution in [-0.4, -0.2) is 31.5 Å². The molecule has 0 aliphatic heterocycles. The number of nitrogens with one attached hydrogen (secondary N) is 1. The minimum Gasteiger partial charge on any atom is -0.494 e. The minimum absolute atomic E-state index is 0.101. The highest BCUT2D eigenvalue weighted by Gasteiger charge is 2.20. The van der Waals surface area contributed by atoms with Gasteiger partial charge in [0.15, 0.2) is 0 Å². The second-order valence-corrected chi connectivity index (χ2v) is 6.05. The molecule has 2 rings (SSSR count). The van der Waals surface area contributed by atoms with Gasteiger partial charge in [-0.3, -0.25) is 14.9 Å². The Hall–Kier alpha value is -3.09. The lowest BCUT2D eigenvalue weighted by Gasteiger charge is -2.16. The van der Waals surface area contributed by atoms with Crippen molar-refractivity contribution in [3.8, 4) is 5.75 Å². The van der Waals surface area contributed by atoms with E-state index < -0.39 is 4.92 Å². The number of nitrogens with zero attached hydrogens (tertiary/aromatic N) is 2. The molecule has 0 saturated heterocycles. The molecule has 0 radical (unpaired) electrons. The Morgan fingerprint density at radius 3 is 2.42 bits per heavy atom. The fraction of sp³-hybridized carbons (Fsp3) is 0.316. The molecule has 2 aromatic carbocycles. The molecule has 0 heterocycles. The second-order valence-electron chi connectivity index (χ2n) is 6.05. The molecule has 0 spiro atoms. The van der Waals surface area contributed by atoms with Crippen molar-refractivity contribution in [1.29, 1.82) is 0 Å². The number of anilines is 1. The van der Waals surface area contributed by atoms with Crippen LogP contribution < -0.4 is 15.0 Å². The van der Waals surface area contributed by atoms with E-state index in [2.05, 4.69) is 5.32 Å². The van der Waals surface area contributed by atoms with Gasteiger partial charge < -0.3 is 15.0 Å². The summed E-state index contributed by atoms with van der Waals surface area (Å²) in [4.78, 5) is 24.9. The summed E-state index contributed by atoms with van der Waals surface area (Å²) >= 11 is 0. The van der Waals surface area contributed by atoms with Gasteiger partial charge in [0.1, 0.15) is 11.4 Å². The van der Waals surface area contributed by atoms with Gasteiger partial charge in [-0.2, -0.15) is 0 Å². The molecule has 0 aliphatic rings. The maximum absolute atomic E-state index is 12.5.